The number of nitrogens with zero attached hydrogens (tertiary/aromatic N) is 2. The van der Waals surface area contributed by atoms with Gasteiger partial charge in [-0.3, -0.25) is 4.40 Å². The number of aromatic nitrogens is 2. The third kappa shape index (κ3) is 1.83. The zero-order chi connectivity index (χ0) is 14.3. The van der Waals surface area contributed by atoms with E-state index in [1.807, 2.05) is 0 Å². The molecule has 0 N–H and O–H groups in total. The summed E-state index contributed by atoms with van der Waals surface area (Å²) in [7, 11) is 0. The van der Waals surface area contributed by atoms with Crippen LogP contribution >= 0.6 is 43.2 Å². The third-order valence-electron chi connectivity index (χ3n) is 6.16. The molecule has 4 aliphatic rings. The first-order chi connectivity index (χ1) is 10.1. The summed E-state index contributed by atoms with van der Waals surface area (Å²) in [5, 5.41) is 0. The molecule has 2 nitrogen and oxygen atoms in total. The number of aryl methyl sites for hydroxylation is 1. The Bertz CT molecular complexity index is 704. The van der Waals surface area contributed by atoms with Crippen molar-refractivity contribution in [2.24, 2.45) is 23.7 Å². The molecular formula is C16H18Br2N2S. The average Bonchev–Trinajstić information content (AvgIpc) is 2.88. The number of hydrogen-bond donors (Lipinski definition) is 0. The van der Waals surface area contributed by atoms with Gasteiger partial charge < -0.3 is 0 Å². The van der Waals surface area contributed by atoms with Gasteiger partial charge in [-0.1, -0.05) is 11.3 Å². The Balaban J connectivity index is 1.63. The maximum absolute atomic E-state index is 5.04. The van der Waals surface area contributed by atoms with Gasteiger partial charge in [0, 0.05) is 11.6 Å². The molecular weight excluding hydrogens is 412 g/mol. The van der Waals surface area contributed by atoms with Crippen molar-refractivity contribution in [1.29, 1.82) is 0 Å². The summed E-state index contributed by atoms with van der Waals surface area (Å²) in [6.45, 7) is 2.17. The fourth-order valence-corrected chi connectivity index (χ4v) is 7.96. The standard InChI is InChI=1S/C16H18Br2N2S/c1-7-15(18)21-16-19-13(14(17)20(7)16)12-10-3-8-2-9(5-10)6-11(12)4-8/h8-12H,2-6H2,1H3. The van der Waals surface area contributed by atoms with E-state index >= 15 is 0 Å². The van der Waals surface area contributed by atoms with Crippen molar-refractivity contribution in [3.63, 3.8) is 0 Å². The van der Waals surface area contributed by atoms with Gasteiger partial charge in [-0.05, 0) is 94.6 Å². The van der Waals surface area contributed by atoms with Crippen LogP contribution in [0.5, 0.6) is 0 Å². The van der Waals surface area contributed by atoms with Crippen LogP contribution in [0.1, 0.15) is 49.4 Å². The highest BCUT2D eigenvalue weighted by Crippen LogP contribution is 2.60. The van der Waals surface area contributed by atoms with E-state index < -0.39 is 0 Å². The van der Waals surface area contributed by atoms with Crippen LogP contribution in [0, 0.1) is 30.6 Å². The molecule has 2 heterocycles. The minimum Gasteiger partial charge on any atom is -0.280 e. The number of fused-ring (bicyclic) bond motifs is 1. The lowest BCUT2D eigenvalue weighted by atomic mass is 9.51. The normalized spacial score (nSPS) is 37.8. The quantitative estimate of drug-likeness (QED) is 0.562. The van der Waals surface area contributed by atoms with E-state index in [0.29, 0.717) is 5.92 Å². The van der Waals surface area contributed by atoms with Crippen molar-refractivity contribution >= 4 is 48.2 Å². The van der Waals surface area contributed by atoms with Gasteiger partial charge in [-0.2, -0.15) is 0 Å². The summed E-state index contributed by atoms with van der Waals surface area (Å²) < 4.78 is 4.70. The molecule has 2 aromatic rings. The SMILES string of the molecule is Cc1c(Br)sc2nc(C3C4CC5CC(C4)CC3C5)c(Br)n12. The molecule has 4 fully saturated rings. The summed E-state index contributed by atoms with van der Waals surface area (Å²) in [5.41, 5.74) is 2.62. The Morgan fingerprint density at radius 1 is 1.05 bits per heavy atom. The molecule has 6 rings (SSSR count). The molecule has 0 atom stereocenters. The molecule has 0 amide bonds. The van der Waals surface area contributed by atoms with Gasteiger partial charge in [0.15, 0.2) is 4.96 Å². The Morgan fingerprint density at radius 3 is 2.24 bits per heavy atom. The second-order valence-electron chi connectivity index (χ2n) is 7.32. The van der Waals surface area contributed by atoms with Crippen LogP contribution in [0.3, 0.4) is 0 Å². The molecule has 21 heavy (non-hydrogen) atoms. The highest BCUT2D eigenvalue weighted by atomic mass is 79.9. The molecule has 4 aliphatic carbocycles. The highest BCUT2D eigenvalue weighted by Gasteiger charge is 2.50. The van der Waals surface area contributed by atoms with E-state index in [0.717, 1.165) is 28.6 Å². The first-order valence-corrected chi connectivity index (χ1v) is 10.3. The van der Waals surface area contributed by atoms with Crippen molar-refractivity contribution in [2.45, 2.75) is 44.9 Å². The Morgan fingerprint density at radius 2 is 1.67 bits per heavy atom. The van der Waals surface area contributed by atoms with Crippen LogP contribution in [0.25, 0.3) is 4.96 Å². The van der Waals surface area contributed by atoms with Crippen LogP contribution in [0.2, 0.25) is 0 Å². The fourth-order valence-electron chi connectivity index (χ4n) is 5.58. The molecule has 5 heteroatoms. The first-order valence-electron chi connectivity index (χ1n) is 7.94. The van der Waals surface area contributed by atoms with E-state index in [-0.39, 0.29) is 0 Å². The van der Waals surface area contributed by atoms with Crippen molar-refractivity contribution in [3.05, 3.63) is 19.8 Å². The van der Waals surface area contributed by atoms with Crippen molar-refractivity contribution in [1.82, 2.24) is 9.38 Å². The maximum atomic E-state index is 5.04. The zero-order valence-corrected chi connectivity index (χ0v) is 16.0. The lowest BCUT2D eigenvalue weighted by Gasteiger charge is -2.54. The van der Waals surface area contributed by atoms with E-state index in [9.17, 15) is 0 Å². The monoisotopic (exact) mass is 428 g/mol. The van der Waals surface area contributed by atoms with Gasteiger partial charge in [-0.25, -0.2) is 4.98 Å². The van der Waals surface area contributed by atoms with Crippen LogP contribution in [-0.2, 0) is 0 Å². The molecule has 0 aliphatic heterocycles. The average molecular weight is 430 g/mol. The number of halogens is 2. The van der Waals surface area contributed by atoms with Crippen LogP contribution < -0.4 is 0 Å². The van der Waals surface area contributed by atoms with Crippen LogP contribution in [0.4, 0.5) is 0 Å². The minimum atomic E-state index is 0.706. The second-order valence-corrected chi connectivity index (χ2v) is 10.4. The topological polar surface area (TPSA) is 17.3 Å². The summed E-state index contributed by atoms with van der Waals surface area (Å²) in [6, 6.07) is 0. The van der Waals surface area contributed by atoms with Gasteiger partial charge >= 0.3 is 0 Å². The van der Waals surface area contributed by atoms with Gasteiger partial charge in [0.25, 0.3) is 0 Å². The number of imidazole rings is 1. The van der Waals surface area contributed by atoms with Crippen LogP contribution in [-0.4, -0.2) is 9.38 Å². The molecule has 0 aromatic carbocycles. The first kappa shape index (κ1) is 13.6. The lowest BCUT2D eigenvalue weighted by molar-refractivity contribution is -0.00424. The molecule has 112 valence electrons. The number of hydrogen-bond acceptors (Lipinski definition) is 2. The zero-order valence-electron chi connectivity index (χ0n) is 12.0. The van der Waals surface area contributed by atoms with Gasteiger partial charge in [0.05, 0.1) is 9.48 Å². The van der Waals surface area contributed by atoms with Crippen LogP contribution in [0.15, 0.2) is 8.39 Å². The predicted octanol–water partition coefficient (Wildman–Crippen LogP) is 5.77. The van der Waals surface area contributed by atoms with Crippen molar-refractivity contribution < 1.29 is 0 Å². The van der Waals surface area contributed by atoms with E-state index in [1.54, 1.807) is 11.3 Å². The van der Waals surface area contributed by atoms with E-state index in [4.69, 9.17) is 4.98 Å². The molecule has 0 saturated heterocycles. The lowest BCUT2D eigenvalue weighted by Crippen LogP contribution is -2.44. The Hall–Kier alpha value is 0.130. The Kier molecular flexibility index (Phi) is 2.95. The maximum Gasteiger partial charge on any atom is 0.196 e. The van der Waals surface area contributed by atoms with E-state index in [2.05, 4.69) is 43.2 Å². The molecule has 2 aromatic heterocycles. The van der Waals surface area contributed by atoms with Crippen molar-refractivity contribution in [2.75, 3.05) is 0 Å². The molecule has 4 bridgehead atoms. The predicted molar refractivity (Wildman–Crippen MR) is 93.0 cm³/mol. The summed E-state index contributed by atoms with van der Waals surface area (Å²) in [4.78, 5) is 6.18. The largest absolute Gasteiger partial charge is 0.280 e. The summed E-state index contributed by atoms with van der Waals surface area (Å²) in [5.74, 6) is 4.55. The number of rotatable bonds is 1. The summed E-state index contributed by atoms with van der Waals surface area (Å²) >= 11 is 9.27. The van der Waals surface area contributed by atoms with Gasteiger partial charge in [-0.15, -0.1) is 0 Å². The smallest absolute Gasteiger partial charge is 0.196 e. The fraction of sp³-hybridized carbons (Fsp3) is 0.688. The number of thiazole rings is 1. The molecule has 0 unspecified atom stereocenters. The van der Waals surface area contributed by atoms with E-state index in [1.165, 1.54) is 51.9 Å². The van der Waals surface area contributed by atoms with Gasteiger partial charge in [0.1, 0.15) is 4.60 Å². The third-order valence-corrected chi connectivity index (χ3v) is 8.91. The van der Waals surface area contributed by atoms with Crippen molar-refractivity contribution in [3.8, 4) is 0 Å². The van der Waals surface area contributed by atoms with Gasteiger partial charge in [0.2, 0.25) is 0 Å². The summed E-state index contributed by atoms with van der Waals surface area (Å²) in [6.07, 6.45) is 7.34. The molecule has 4 saturated carbocycles. The highest BCUT2D eigenvalue weighted by molar-refractivity contribution is 9.11. The molecule has 0 spiro atoms. The Labute approximate surface area is 145 Å². The second kappa shape index (κ2) is 4.57. The molecule has 0 radical (unpaired) electrons. The minimum absolute atomic E-state index is 0.706.